The van der Waals surface area contributed by atoms with E-state index in [2.05, 4.69) is 15.6 Å². The SMILES string of the molecule is CCOC(=O)N1CCN(C(=O)[C@H](CCC(=O)OCC2CCCO2)NC(=O)c2cc(OCC(=O)N3CCC[C@H]3C(=O)NC3CCC3)c3ccc(C)cc3n2)CC1. The molecule has 16 nitrogen and oxygen atoms in total. The lowest BCUT2D eigenvalue weighted by atomic mass is 9.93. The Morgan fingerprint density at radius 2 is 1.71 bits per heavy atom. The van der Waals surface area contributed by atoms with Crippen LogP contribution < -0.4 is 15.4 Å². The third-order valence-corrected chi connectivity index (χ3v) is 10.7. The highest BCUT2D eigenvalue weighted by molar-refractivity contribution is 5.99. The van der Waals surface area contributed by atoms with Gasteiger partial charge in [-0.1, -0.05) is 6.07 Å². The van der Waals surface area contributed by atoms with E-state index in [-0.39, 0.29) is 94.2 Å². The normalized spacial score (nSPS) is 20.4. The predicted octanol–water partition coefficient (Wildman–Crippen LogP) is 2.48. The van der Waals surface area contributed by atoms with Crippen LogP contribution in [0.15, 0.2) is 24.3 Å². The number of likely N-dealkylation sites (tertiary alicyclic amines) is 1. The predicted molar refractivity (Wildman–Crippen MR) is 198 cm³/mol. The number of aryl methyl sites for hydroxylation is 1. The van der Waals surface area contributed by atoms with Gasteiger partial charge in [-0.05, 0) is 82.9 Å². The lowest BCUT2D eigenvalue weighted by Crippen LogP contribution is -2.56. The van der Waals surface area contributed by atoms with Crippen LogP contribution in [0.3, 0.4) is 0 Å². The highest BCUT2D eigenvalue weighted by atomic mass is 16.6. The van der Waals surface area contributed by atoms with Crippen LogP contribution >= 0.6 is 0 Å². The van der Waals surface area contributed by atoms with Crippen LogP contribution in [-0.2, 0) is 33.4 Å². The van der Waals surface area contributed by atoms with E-state index in [9.17, 15) is 28.8 Å². The van der Waals surface area contributed by atoms with Gasteiger partial charge in [-0.2, -0.15) is 0 Å². The molecular weight excluding hydrogens is 712 g/mol. The number of benzene rings is 1. The second-order valence-electron chi connectivity index (χ2n) is 14.6. The van der Waals surface area contributed by atoms with Gasteiger partial charge in [0.15, 0.2) is 6.61 Å². The summed E-state index contributed by atoms with van der Waals surface area (Å²) in [5.74, 6) is -1.84. The Morgan fingerprint density at radius 3 is 2.42 bits per heavy atom. The van der Waals surface area contributed by atoms with E-state index in [4.69, 9.17) is 18.9 Å². The summed E-state index contributed by atoms with van der Waals surface area (Å²) in [4.78, 5) is 88.5. The van der Waals surface area contributed by atoms with E-state index >= 15 is 0 Å². The molecule has 1 aromatic carbocycles. The van der Waals surface area contributed by atoms with Crippen molar-refractivity contribution in [1.29, 1.82) is 0 Å². The molecule has 2 aromatic rings. The molecule has 4 fully saturated rings. The number of hydrogen-bond acceptors (Lipinski definition) is 11. The number of fused-ring (bicyclic) bond motifs is 1. The molecule has 3 aliphatic heterocycles. The fourth-order valence-electron chi connectivity index (χ4n) is 7.28. The molecule has 4 heterocycles. The van der Waals surface area contributed by atoms with Gasteiger partial charge in [0.1, 0.15) is 30.1 Å². The molecule has 5 amide bonds. The molecule has 16 heteroatoms. The number of piperazine rings is 1. The van der Waals surface area contributed by atoms with Crippen molar-refractivity contribution in [1.82, 2.24) is 30.3 Å². The lowest BCUT2D eigenvalue weighted by molar-refractivity contribution is -0.147. The fourth-order valence-corrected chi connectivity index (χ4v) is 7.28. The van der Waals surface area contributed by atoms with Crippen LogP contribution in [0.4, 0.5) is 4.79 Å². The van der Waals surface area contributed by atoms with Crippen molar-refractivity contribution >= 4 is 46.6 Å². The first-order valence-electron chi connectivity index (χ1n) is 19.5. The number of ether oxygens (including phenoxy) is 4. The number of amides is 5. The number of nitrogens with zero attached hydrogens (tertiary/aromatic N) is 4. The van der Waals surface area contributed by atoms with Crippen molar-refractivity contribution in [3.05, 3.63) is 35.5 Å². The van der Waals surface area contributed by atoms with Crippen LogP contribution in [0, 0.1) is 6.92 Å². The first kappa shape index (κ1) is 39.7. The lowest BCUT2D eigenvalue weighted by Gasteiger charge is -2.36. The third-order valence-electron chi connectivity index (χ3n) is 10.7. The Morgan fingerprint density at radius 1 is 0.927 bits per heavy atom. The van der Waals surface area contributed by atoms with Gasteiger partial charge in [0.25, 0.3) is 11.8 Å². The number of rotatable bonds is 14. The van der Waals surface area contributed by atoms with Crippen molar-refractivity contribution < 1.29 is 47.7 Å². The summed E-state index contributed by atoms with van der Waals surface area (Å²) in [6.07, 6.45) is 5.20. The maximum atomic E-state index is 13.9. The van der Waals surface area contributed by atoms with Gasteiger partial charge in [0.05, 0.1) is 18.2 Å². The van der Waals surface area contributed by atoms with Crippen molar-refractivity contribution in [3.8, 4) is 5.75 Å². The number of esters is 1. The molecule has 3 atom stereocenters. The maximum absolute atomic E-state index is 13.9. The smallest absolute Gasteiger partial charge is 0.409 e. The molecule has 298 valence electrons. The summed E-state index contributed by atoms with van der Waals surface area (Å²) < 4.78 is 22.1. The van der Waals surface area contributed by atoms with Gasteiger partial charge in [0, 0.05) is 63.2 Å². The molecule has 1 saturated carbocycles. The van der Waals surface area contributed by atoms with Crippen molar-refractivity contribution in [2.75, 3.05) is 59.2 Å². The van der Waals surface area contributed by atoms with Gasteiger partial charge in [-0.3, -0.25) is 24.0 Å². The average Bonchev–Trinajstić information content (AvgIpc) is 3.89. The Kier molecular flexibility index (Phi) is 13.4. The molecule has 6 rings (SSSR count). The summed E-state index contributed by atoms with van der Waals surface area (Å²) >= 11 is 0. The Hall–Kier alpha value is -4.99. The molecule has 0 radical (unpaired) electrons. The average molecular weight is 765 g/mol. The number of hydrogen-bond donors (Lipinski definition) is 2. The molecule has 2 N–H and O–H groups in total. The van der Waals surface area contributed by atoms with Gasteiger partial charge in [-0.15, -0.1) is 0 Å². The summed E-state index contributed by atoms with van der Waals surface area (Å²) in [5.41, 5.74) is 1.28. The van der Waals surface area contributed by atoms with Gasteiger partial charge in [-0.25, -0.2) is 9.78 Å². The largest absolute Gasteiger partial charge is 0.483 e. The standard InChI is InChI=1S/C39H52N6O10/c1-3-52-39(51)44-18-16-43(17-19-44)38(50)29(13-14-35(47)55-23-27-9-6-20-53-27)42-36(48)31-22-33(28-12-11-25(2)21-30(28)41-31)54-24-34(46)45-15-5-10-32(45)37(49)40-26-7-4-8-26/h11-12,21-22,26-27,29,32H,3-10,13-20,23-24H2,1-2H3,(H,40,49)(H,42,48)/t27?,29-,32-/m0/s1. The zero-order valence-corrected chi connectivity index (χ0v) is 31.7. The van der Waals surface area contributed by atoms with Crippen LogP contribution in [0.25, 0.3) is 10.9 Å². The molecule has 1 aliphatic carbocycles. The van der Waals surface area contributed by atoms with Crippen LogP contribution in [0.2, 0.25) is 0 Å². The van der Waals surface area contributed by atoms with E-state index in [0.717, 1.165) is 37.7 Å². The summed E-state index contributed by atoms with van der Waals surface area (Å²) in [7, 11) is 0. The van der Waals surface area contributed by atoms with Crippen LogP contribution in [0.5, 0.6) is 5.75 Å². The molecule has 55 heavy (non-hydrogen) atoms. The summed E-state index contributed by atoms with van der Waals surface area (Å²) in [5, 5.41) is 6.42. The van der Waals surface area contributed by atoms with Gasteiger partial charge in [0.2, 0.25) is 11.8 Å². The van der Waals surface area contributed by atoms with Gasteiger partial charge >= 0.3 is 12.1 Å². The number of carbonyl (C=O) groups is 6. The molecule has 1 aromatic heterocycles. The second kappa shape index (κ2) is 18.6. The van der Waals surface area contributed by atoms with Crippen molar-refractivity contribution in [2.45, 2.75) is 95.9 Å². The minimum atomic E-state index is -1.11. The molecular formula is C39H52N6O10. The van der Waals surface area contributed by atoms with E-state index in [1.54, 1.807) is 28.9 Å². The number of nitrogens with one attached hydrogen (secondary N) is 2. The van der Waals surface area contributed by atoms with E-state index in [0.29, 0.717) is 36.9 Å². The number of pyridine rings is 1. The van der Waals surface area contributed by atoms with E-state index in [1.807, 2.05) is 13.0 Å². The molecule has 4 aliphatic rings. The minimum absolute atomic E-state index is 0.0388. The van der Waals surface area contributed by atoms with Gasteiger partial charge < -0.3 is 44.3 Å². The molecule has 3 saturated heterocycles. The van der Waals surface area contributed by atoms with Crippen LogP contribution in [-0.4, -0.2) is 139 Å². The summed E-state index contributed by atoms with van der Waals surface area (Å²) in [6, 6.07) is 5.39. The van der Waals surface area contributed by atoms with E-state index < -0.39 is 36.0 Å². The fraction of sp³-hybridized carbons (Fsp3) is 0.615. The monoisotopic (exact) mass is 764 g/mol. The highest BCUT2D eigenvalue weighted by Crippen LogP contribution is 2.28. The Labute approximate surface area is 320 Å². The van der Waals surface area contributed by atoms with Crippen LogP contribution in [0.1, 0.15) is 80.8 Å². The highest BCUT2D eigenvalue weighted by Gasteiger charge is 2.36. The molecule has 0 bridgehead atoms. The van der Waals surface area contributed by atoms with Crippen molar-refractivity contribution in [3.63, 3.8) is 0 Å². The first-order chi connectivity index (χ1) is 26.6. The number of aromatic nitrogens is 1. The van der Waals surface area contributed by atoms with E-state index in [1.165, 1.54) is 11.0 Å². The number of carbonyl (C=O) groups excluding carboxylic acids is 6. The molecule has 1 unspecified atom stereocenters. The zero-order chi connectivity index (χ0) is 38.9. The quantitative estimate of drug-likeness (QED) is 0.269. The topological polar surface area (TPSA) is 186 Å². The maximum Gasteiger partial charge on any atom is 0.409 e. The van der Waals surface area contributed by atoms with Crippen molar-refractivity contribution in [2.24, 2.45) is 0 Å². The zero-order valence-electron chi connectivity index (χ0n) is 31.7. The minimum Gasteiger partial charge on any atom is -0.483 e. The third kappa shape index (κ3) is 10.2. The first-order valence-corrected chi connectivity index (χ1v) is 19.5. The Balaban J connectivity index is 1.15. The Bertz CT molecular complexity index is 1740. The molecule has 0 spiro atoms. The summed E-state index contributed by atoms with van der Waals surface area (Å²) in [6.45, 7) is 5.62. The second-order valence-corrected chi connectivity index (χ2v) is 14.6.